The molecule has 0 atom stereocenters. The van der Waals surface area contributed by atoms with Crippen molar-refractivity contribution in [3.63, 3.8) is 0 Å². The Kier molecular flexibility index (Phi) is 6.01. The van der Waals surface area contributed by atoms with E-state index in [4.69, 9.17) is 13.5 Å². The van der Waals surface area contributed by atoms with Crippen LogP contribution < -0.4 is 31.0 Å². The largest absolute Gasteiger partial charge is 0.257 e. The zero-order chi connectivity index (χ0) is 18.7. The Morgan fingerprint density at radius 3 is 1.31 bits per heavy atom. The van der Waals surface area contributed by atoms with Crippen LogP contribution in [0.15, 0.2) is 74.2 Å². The van der Waals surface area contributed by atoms with E-state index < -0.39 is 22.2 Å². The fourth-order valence-corrected chi connectivity index (χ4v) is 15.2. The summed E-state index contributed by atoms with van der Waals surface area (Å²) >= 11 is 0. The van der Waals surface area contributed by atoms with Crippen molar-refractivity contribution in [1.29, 1.82) is 0 Å². The van der Waals surface area contributed by atoms with Crippen molar-refractivity contribution >= 4 is 32.8 Å². The van der Waals surface area contributed by atoms with Gasteiger partial charge in [0.2, 0.25) is 15.0 Å². The summed E-state index contributed by atoms with van der Waals surface area (Å²) in [6.07, 6.45) is 0. The summed E-state index contributed by atoms with van der Waals surface area (Å²) in [5.41, 5.74) is 0. The molecular weight excluding hydrogens is 383 g/mol. The molecule has 1 heterocycles. The molecule has 26 heavy (non-hydrogen) atoms. The molecule has 0 spiro atoms. The molecule has 0 saturated heterocycles. The Balaban J connectivity index is 2.50. The maximum absolute atomic E-state index is 5.33. The molecule has 0 aliphatic carbocycles. The summed E-state index contributed by atoms with van der Waals surface area (Å²) in [4.78, 5) is 0. The topological polar surface area (TPSA) is 85.2 Å². The molecular formula is C16H26N7P3. The molecule has 0 fully saturated rings. The van der Waals surface area contributed by atoms with E-state index in [1.54, 1.807) is 0 Å². The highest BCUT2D eigenvalue weighted by atomic mass is 31.3. The van der Waals surface area contributed by atoms with Gasteiger partial charge in [-0.15, -0.1) is 0 Å². The third-order valence-corrected chi connectivity index (χ3v) is 15.0. The van der Waals surface area contributed by atoms with Gasteiger partial charge in [0, 0.05) is 10.6 Å². The van der Waals surface area contributed by atoms with Gasteiger partial charge in [-0.2, -0.15) is 4.52 Å². The second kappa shape index (κ2) is 7.92. The molecule has 10 heteroatoms. The Bertz CT molecular complexity index is 854. The Morgan fingerprint density at radius 2 is 0.923 bits per heavy atom. The van der Waals surface area contributed by atoms with Gasteiger partial charge >= 0.3 is 0 Å². The first-order valence-electron chi connectivity index (χ1n) is 8.36. The van der Waals surface area contributed by atoms with E-state index in [-0.39, 0.29) is 0 Å². The quantitative estimate of drug-likeness (QED) is 0.550. The number of nitrogens with zero attached hydrogens (tertiary/aromatic N) is 3. The van der Waals surface area contributed by atoms with Crippen LogP contribution in [0.25, 0.3) is 0 Å². The van der Waals surface area contributed by atoms with Gasteiger partial charge in [-0.25, -0.2) is 9.03 Å². The van der Waals surface area contributed by atoms with Crippen LogP contribution in [0.5, 0.6) is 0 Å². The lowest BCUT2D eigenvalue weighted by Crippen LogP contribution is -2.24. The molecule has 4 N–H and O–H groups in total. The summed E-state index contributed by atoms with van der Waals surface area (Å²) in [5, 5.41) is 15.7. The first kappa shape index (κ1) is 19.7. The van der Waals surface area contributed by atoms with Gasteiger partial charge in [-0.1, -0.05) is 60.7 Å². The van der Waals surface area contributed by atoms with Crippen LogP contribution in [0.3, 0.4) is 0 Å². The molecule has 3 rings (SSSR count). The monoisotopic (exact) mass is 409 g/mol. The maximum atomic E-state index is 5.33. The fraction of sp³-hybridized carbons (Fsp3) is 0.250. The molecule has 0 aromatic heterocycles. The minimum Gasteiger partial charge on any atom is -0.257 e. The number of benzene rings is 2. The highest BCUT2D eigenvalue weighted by Gasteiger charge is 2.36. The number of nitrogens with one attached hydrogen (secondary N) is 4. The summed E-state index contributed by atoms with van der Waals surface area (Å²) in [7, 11) is 0.583. The maximum Gasteiger partial charge on any atom is 0.213 e. The van der Waals surface area contributed by atoms with Crippen LogP contribution in [0.1, 0.15) is 0 Å². The van der Waals surface area contributed by atoms with Gasteiger partial charge in [0.15, 0.2) is 0 Å². The summed E-state index contributed by atoms with van der Waals surface area (Å²) in [5.74, 6) is 0. The molecule has 0 saturated carbocycles. The van der Waals surface area contributed by atoms with Crippen molar-refractivity contribution in [2.24, 2.45) is 13.5 Å². The van der Waals surface area contributed by atoms with Crippen LogP contribution in [-0.2, 0) is 0 Å². The van der Waals surface area contributed by atoms with E-state index in [1.165, 1.54) is 0 Å². The van der Waals surface area contributed by atoms with Crippen LogP contribution in [-0.4, -0.2) is 28.2 Å². The molecule has 1 aliphatic rings. The standard InChI is InChI=1S/C16H26N7P3/c1-17-25(18-2)21-24(15-11-7-5-8-12-15,16-13-9-6-10-14-16)22-26(19-3,20-4)23-25/h5-14,17-20H,1-4H3. The van der Waals surface area contributed by atoms with Gasteiger partial charge in [0.25, 0.3) is 0 Å². The molecule has 0 bridgehead atoms. The van der Waals surface area contributed by atoms with E-state index in [0.29, 0.717) is 0 Å². The van der Waals surface area contributed by atoms with Crippen LogP contribution >= 0.6 is 22.2 Å². The van der Waals surface area contributed by atoms with Crippen molar-refractivity contribution < 1.29 is 0 Å². The highest BCUT2D eigenvalue weighted by molar-refractivity contribution is 7.91. The minimum atomic E-state index is -2.40. The second-order valence-electron chi connectivity index (χ2n) is 5.64. The number of hydrogen-bond donors (Lipinski definition) is 4. The summed E-state index contributed by atoms with van der Waals surface area (Å²) < 4.78 is 15.7. The lowest BCUT2D eigenvalue weighted by Gasteiger charge is -2.35. The van der Waals surface area contributed by atoms with Crippen molar-refractivity contribution in [3.05, 3.63) is 60.7 Å². The van der Waals surface area contributed by atoms with Crippen molar-refractivity contribution in [2.45, 2.75) is 0 Å². The molecule has 1 aliphatic heterocycles. The third-order valence-electron chi connectivity index (χ3n) is 4.26. The fourth-order valence-electron chi connectivity index (χ4n) is 2.82. The predicted octanol–water partition coefficient (Wildman–Crippen LogP) is 3.54. The van der Waals surface area contributed by atoms with Crippen LogP contribution in [0, 0.1) is 0 Å². The zero-order valence-electron chi connectivity index (χ0n) is 15.5. The van der Waals surface area contributed by atoms with Gasteiger partial charge in [-0.05, 0) is 28.2 Å². The smallest absolute Gasteiger partial charge is 0.213 e. The molecule has 7 nitrogen and oxygen atoms in total. The van der Waals surface area contributed by atoms with E-state index >= 15 is 0 Å². The Morgan fingerprint density at radius 1 is 0.538 bits per heavy atom. The lowest BCUT2D eigenvalue weighted by atomic mass is 10.4. The Hall–Kier alpha value is -1.03. The number of hydrogen-bond acceptors (Lipinski definition) is 7. The van der Waals surface area contributed by atoms with E-state index in [2.05, 4.69) is 68.9 Å². The predicted molar refractivity (Wildman–Crippen MR) is 116 cm³/mol. The van der Waals surface area contributed by atoms with E-state index in [0.717, 1.165) is 10.6 Å². The summed E-state index contributed by atoms with van der Waals surface area (Å²) in [6.45, 7) is 0. The molecule has 2 aromatic rings. The van der Waals surface area contributed by atoms with Crippen molar-refractivity contribution in [1.82, 2.24) is 20.3 Å². The first-order chi connectivity index (χ1) is 12.6. The first-order valence-corrected chi connectivity index (χ1v) is 13.4. The number of rotatable bonds is 6. The Labute approximate surface area is 156 Å². The van der Waals surface area contributed by atoms with Gasteiger partial charge in [0.05, 0.1) is 0 Å². The van der Waals surface area contributed by atoms with Gasteiger partial charge < -0.3 is 0 Å². The lowest BCUT2D eigenvalue weighted by molar-refractivity contribution is 1.08. The average molecular weight is 409 g/mol. The zero-order valence-corrected chi connectivity index (χ0v) is 18.1. The van der Waals surface area contributed by atoms with Crippen molar-refractivity contribution in [2.75, 3.05) is 28.2 Å². The van der Waals surface area contributed by atoms with Crippen molar-refractivity contribution in [3.8, 4) is 0 Å². The molecule has 2 aromatic carbocycles. The minimum absolute atomic E-state index is 1.13. The van der Waals surface area contributed by atoms with Gasteiger partial charge in [-0.3, -0.25) is 20.3 Å². The second-order valence-corrected chi connectivity index (χ2v) is 14.2. The molecule has 0 radical (unpaired) electrons. The molecule has 140 valence electrons. The van der Waals surface area contributed by atoms with Crippen LogP contribution in [0.4, 0.5) is 0 Å². The third kappa shape index (κ3) is 3.42. The summed E-state index contributed by atoms with van der Waals surface area (Å²) in [6, 6.07) is 20.7. The molecule has 0 amide bonds. The van der Waals surface area contributed by atoms with E-state index in [9.17, 15) is 0 Å². The van der Waals surface area contributed by atoms with Crippen LogP contribution in [0.2, 0.25) is 0 Å². The average Bonchev–Trinajstić information content (AvgIpc) is 2.74. The molecule has 0 unspecified atom stereocenters. The SMILES string of the molecule is CNP1(NC)=NP(NC)(NC)=NP(c2ccccc2)(c2ccccc2)=N1. The normalized spacial score (nSPS) is 19.7. The van der Waals surface area contributed by atoms with E-state index in [1.807, 2.05) is 40.3 Å². The highest BCUT2D eigenvalue weighted by Crippen LogP contribution is 2.72. The van der Waals surface area contributed by atoms with Gasteiger partial charge in [0.1, 0.15) is 7.21 Å².